The lowest BCUT2D eigenvalue weighted by Crippen LogP contribution is -2.27. The second kappa shape index (κ2) is 3.90. The molecule has 5 heteroatoms. The van der Waals surface area contributed by atoms with Crippen LogP contribution >= 0.6 is 0 Å². The molecule has 0 amide bonds. The van der Waals surface area contributed by atoms with Gasteiger partial charge in [-0.1, -0.05) is 13.0 Å². The normalized spacial score (nSPS) is 17.2. The second-order valence-corrected chi connectivity index (χ2v) is 5.46. The van der Waals surface area contributed by atoms with Gasteiger partial charge in [-0.2, -0.15) is 8.42 Å². The summed E-state index contributed by atoms with van der Waals surface area (Å²) in [6, 6.07) is 5.30. The van der Waals surface area contributed by atoms with Crippen molar-refractivity contribution >= 4 is 22.0 Å². The molecule has 0 spiro atoms. The summed E-state index contributed by atoms with van der Waals surface area (Å²) in [5.41, 5.74) is 1.78. The molecule has 0 N–H and O–H groups in total. The van der Waals surface area contributed by atoms with E-state index in [9.17, 15) is 8.42 Å². The molecule has 1 aromatic rings. The molecular weight excluding hydrogens is 224 g/mol. The van der Waals surface area contributed by atoms with Gasteiger partial charge in [-0.25, -0.2) is 0 Å². The summed E-state index contributed by atoms with van der Waals surface area (Å²) in [5.74, 6) is 0. The number of fused-ring (bicyclic) bond motifs is 1. The van der Waals surface area contributed by atoms with Gasteiger partial charge in [0.2, 0.25) is 0 Å². The quantitative estimate of drug-likeness (QED) is 0.791. The molecule has 1 aliphatic heterocycles. The molecule has 86 valence electrons. The Hall–Kier alpha value is -1.36. The lowest BCUT2D eigenvalue weighted by Gasteiger charge is -2.24. The van der Waals surface area contributed by atoms with Crippen molar-refractivity contribution < 1.29 is 8.42 Å². The van der Waals surface area contributed by atoms with E-state index in [1.54, 1.807) is 12.1 Å². The van der Waals surface area contributed by atoms with E-state index < -0.39 is 10.0 Å². The van der Waals surface area contributed by atoms with E-state index in [2.05, 4.69) is 4.40 Å². The highest BCUT2D eigenvalue weighted by Gasteiger charge is 2.24. The molecule has 1 aliphatic rings. The number of aryl methyl sites for hydroxylation is 1. The fourth-order valence-corrected chi connectivity index (χ4v) is 2.76. The fourth-order valence-electron chi connectivity index (χ4n) is 1.73. The molecule has 0 fully saturated rings. The first-order valence-corrected chi connectivity index (χ1v) is 6.66. The van der Waals surface area contributed by atoms with Crippen molar-refractivity contribution in [2.45, 2.75) is 25.2 Å². The molecule has 0 radical (unpaired) electrons. The van der Waals surface area contributed by atoms with E-state index in [4.69, 9.17) is 0 Å². The molecule has 16 heavy (non-hydrogen) atoms. The van der Waals surface area contributed by atoms with Crippen LogP contribution in [0.15, 0.2) is 27.5 Å². The Balaban J connectivity index is 2.59. The molecule has 0 bridgehead atoms. The topological polar surface area (TPSA) is 49.7 Å². The van der Waals surface area contributed by atoms with Crippen molar-refractivity contribution in [2.24, 2.45) is 4.40 Å². The zero-order chi connectivity index (χ0) is 11.8. The third-order valence-electron chi connectivity index (χ3n) is 2.49. The highest BCUT2D eigenvalue weighted by molar-refractivity contribution is 7.90. The molecule has 0 aliphatic carbocycles. The largest absolute Gasteiger partial charge is 0.331 e. The molecule has 0 saturated carbocycles. The maximum absolute atomic E-state index is 11.7. The van der Waals surface area contributed by atoms with E-state index in [0.29, 0.717) is 4.90 Å². The predicted octanol–water partition coefficient (Wildman–Crippen LogP) is 1.94. The average molecular weight is 238 g/mol. The van der Waals surface area contributed by atoms with Crippen molar-refractivity contribution in [1.29, 1.82) is 0 Å². The minimum absolute atomic E-state index is 0.300. The van der Waals surface area contributed by atoms with Crippen LogP contribution in [0.4, 0.5) is 5.69 Å². The Bertz CT molecular complexity index is 535. The third-order valence-corrected chi connectivity index (χ3v) is 3.76. The molecule has 0 unspecified atom stereocenters. The molecule has 2 rings (SSSR count). The van der Waals surface area contributed by atoms with Gasteiger partial charge in [0.05, 0.1) is 5.69 Å². The maximum Gasteiger partial charge on any atom is 0.285 e. The van der Waals surface area contributed by atoms with Crippen LogP contribution in [0.25, 0.3) is 0 Å². The van der Waals surface area contributed by atoms with Crippen molar-refractivity contribution in [3.8, 4) is 0 Å². The Kier molecular flexibility index (Phi) is 2.71. The molecule has 0 atom stereocenters. The summed E-state index contributed by atoms with van der Waals surface area (Å²) in [6.07, 6.45) is 2.35. The second-order valence-electron chi connectivity index (χ2n) is 3.86. The summed E-state index contributed by atoms with van der Waals surface area (Å²) < 4.78 is 27.0. The van der Waals surface area contributed by atoms with Crippen molar-refractivity contribution in [3.63, 3.8) is 0 Å². The van der Waals surface area contributed by atoms with Crippen molar-refractivity contribution in [1.82, 2.24) is 0 Å². The summed E-state index contributed by atoms with van der Waals surface area (Å²) in [7, 11) is -3.48. The van der Waals surface area contributed by atoms with Crippen LogP contribution in [0.1, 0.15) is 18.9 Å². The Morgan fingerprint density at radius 3 is 2.81 bits per heavy atom. The van der Waals surface area contributed by atoms with Gasteiger partial charge < -0.3 is 4.90 Å². The van der Waals surface area contributed by atoms with E-state index in [1.165, 1.54) is 6.34 Å². The molecule has 0 saturated heterocycles. The minimum Gasteiger partial charge on any atom is -0.331 e. The van der Waals surface area contributed by atoms with Gasteiger partial charge in [0, 0.05) is 6.54 Å². The fraction of sp³-hybridized carbons (Fsp3) is 0.364. The molecule has 0 aromatic heterocycles. The summed E-state index contributed by atoms with van der Waals surface area (Å²) >= 11 is 0. The van der Waals surface area contributed by atoms with Crippen molar-refractivity contribution in [3.05, 3.63) is 23.8 Å². The Morgan fingerprint density at radius 2 is 2.12 bits per heavy atom. The first kappa shape index (κ1) is 11.1. The zero-order valence-electron chi connectivity index (χ0n) is 9.34. The maximum atomic E-state index is 11.7. The van der Waals surface area contributed by atoms with E-state index in [-0.39, 0.29) is 0 Å². The standard InChI is InChI=1S/C11H14N2O2S/c1-3-6-13-8-12-16(14,15)11-5-4-9(2)7-10(11)13/h4-5,7-8H,3,6H2,1-2H3. The van der Waals surface area contributed by atoms with Gasteiger partial charge in [0.15, 0.2) is 0 Å². The number of anilines is 1. The minimum atomic E-state index is -3.48. The van der Waals surface area contributed by atoms with Crippen LogP contribution in [0.2, 0.25) is 0 Å². The van der Waals surface area contributed by atoms with Crippen LogP contribution in [0.5, 0.6) is 0 Å². The van der Waals surface area contributed by atoms with Gasteiger partial charge in [0.25, 0.3) is 10.0 Å². The molecule has 1 aromatic carbocycles. The van der Waals surface area contributed by atoms with Gasteiger partial charge >= 0.3 is 0 Å². The smallest absolute Gasteiger partial charge is 0.285 e. The summed E-state index contributed by atoms with van der Waals surface area (Å²) in [4.78, 5) is 2.18. The third kappa shape index (κ3) is 1.82. The van der Waals surface area contributed by atoms with Gasteiger partial charge in [0.1, 0.15) is 11.2 Å². The average Bonchev–Trinajstić information content (AvgIpc) is 2.22. The zero-order valence-corrected chi connectivity index (χ0v) is 10.2. The van der Waals surface area contributed by atoms with Crippen LogP contribution < -0.4 is 4.90 Å². The molecular formula is C11H14N2O2S. The van der Waals surface area contributed by atoms with Crippen molar-refractivity contribution in [2.75, 3.05) is 11.4 Å². The highest BCUT2D eigenvalue weighted by Crippen LogP contribution is 2.30. The molecule has 1 heterocycles. The van der Waals surface area contributed by atoms with Gasteiger partial charge in [-0.15, -0.1) is 4.40 Å². The van der Waals surface area contributed by atoms with Gasteiger partial charge in [-0.05, 0) is 31.0 Å². The summed E-state index contributed by atoms with van der Waals surface area (Å²) in [6.45, 7) is 4.77. The molecule has 4 nitrogen and oxygen atoms in total. The first-order valence-electron chi connectivity index (χ1n) is 5.22. The van der Waals surface area contributed by atoms with Crippen LogP contribution in [0.3, 0.4) is 0 Å². The number of rotatable bonds is 2. The van der Waals surface area contributed by atoms with Crippen LogP contribution in [0, 0.1) is 6.92 Å². The number of benzene rings is 1. The van der Waals surface area contributed by atoms with Crippen LogP contribution in [-0.2, 0) is 10.0 Å². The first-order chi connectivity index (χ1) is 7.54. The number of sulfonamides is 1. The predicted molar refractivity (Wildman–Crippen MR) is 64.5 cm³/mol. The lowest BCUT2D eigenvalue weighted by atomic mass is 10.2. The number of nitrogens with zero attached hydrogens (tertiary/aromatic N) is 2. The summed E-state index contributed by atoms with van der Waals surface area (Å²) in [5, 5.41) is 0. The Morgan fingerprint density at radius 1 is 1.38 bits per heavy atom. The lowest BCUT2D eigenvalue weighted by molar-refractivity contribution is 0.597. The van der Waals surface area contributed by atoms with E-state index >= 15 is 0 Å². The van der Waals surface area contributed by atoms with E-state index in [0.717, 1.165) is 24.2 Å². The van der Waals surface area contributed by atoms with Gasteiger partial charge in [-0.3, -0.25) is 0 Å². The number of hydrogen-bond acceptors (Lipinski definition) is 3. The van der Waals surface area contributed by atoms with Crippen LogP contribution in [-0.4, -0.2) is 21.3 Å². The SMILES string of the molecule is CCCN1C=NS(=O)(=O)c2ccc(C)cc21. The van der Waals surface area contributed by atoms with E-state index in [1.807, 2.05) is 24.8 Å². The number of hydrogen-bond donors (Lipinski definition) is 0. The Labute approximate surface area is 95.7 Å². The monoisotopic (exact) mass is 238 g/mol. The highest BCUT2D eigenvalue weighted by atomic mass is 32.2.